The van der Waals surface area contributed by atoms with Crippen molar-refractivity contribution in [3.05, 3.63) is 43.2 Å². The summed E-state index contributed by atoms with van der Waals surface area (Å²) in [5, 5.41) is 0. The molecule has 0 aromatic heterocycles. The fourth-order valence-electron chi connectivity index (χ4n) is 1.06. The Hall–Kier alpha value is -0.440. The van der Waals surface area contributed by atoms with Crippen LogP contribution in [0.4, 0.5) is 0 Å². The molecular formula is C12H6Br4O4. The Kier molecular flexibility index (Phi) is 6.63. The Morgan fingerprint density at radius 3 is 1.30 bits per heavy atom. The van der Waals surface area contributed by atoms with Crippen molar-refractivity contribution in [3.63, 3.8) is 0 Å². The summed E-state index contributed by atoms with van der Waals surface area (Å²) in [6.07, 6.45) is 1.99. The summed E-state index contributed by atoms with van der Waals surface area (Å²) in [5.41, 5.74) is 0. The maximum atomic E-state index is 11.4. The zero-order chi connectivity index (χ0) is 15.4. The van der Waals surface area contributed by atoms with E-state index >= 15 is 0 Å². The van der Waals surface area contributed by atoms with Gasteiger partial charge in [-0.2, -0.15) is 0 Å². The molecule has 0 amide bonds. The highest BCUT2D eigenvalue weighted by molar-refractivity contribution is 9.15. The lowest BCUT2D eigenvalue weighted by atomic mass is 10.3. The summed E-state index contributed by atoms with van der Waals surface area (Å²) >= 11 is 13.1. The molecule has 0 aliphatic rings. The molecule has 0 aliphatic heterocycles. The van der Waals surface area contributed by atoms with Crippen molar-refractivity contribution in [1.82, 2.24) is 0 Å². The largest absolute Gasteiger partial charge is 0.418 e. The number of esters is 2. The maximum Gasteiger partial charge on any atom is 0.335 e. The summed E-state index contributed by atoms with van der Waals surface area (Å²) < 4.78 is 12.1. The van der Waals surface area contributed by atoms with E-state index in [0.29, 0.717) is 17.9 Å². The zero-order valence-electron chi connectivity index (χ0n) is 9.71. The second-order valence-electron chi connectivity index (χ2n) is 3.16. The summed E-state index contributed by atoms with van der Waals surface area (Å²) in [7, 11) is 0. The molecule has 0 saturated heterocycles. The van der Waals surface area contributed by atoms with Crippen LogP contribution in [0.3, 0.4) is 0 Å². The fourth-order valence-corrected chi connectivity index (χ4v) is 3.27. The van der Waals surface area contributed by atoms with Crippen molar-refractivity contribution in [1.29, 1.82) is 0 Å². The average Bonchev–Trinajstić information content (AvgIpc) is 2.45. The molecule has 1 rings (SSSR count). The number of benzene rings is 1. The van der Waals surface area contributed by atoms with E-state index in [4.69, 9.17) is 9.47 Å². The molecule has 0 saturated carbocycles. The molecule has 0 bridgehead atoms. The summed E-state index contributed by atoms with van der Waals surface area (Å²) in [4.78, 5) is 22.8. The van der Waals surface area contributed by atoms with Gasteiger partial charge in [0.1, 0.15) is 0 Å². The van der Waals surface area contributed by atoms with E-state index < -0.39 is 11.9 Å². The standard InChI is InChI=1S/C12H6Br4O4/c1-3-5(17)19-11-9(15)7(13)8(14)10(16)12(11)20-6(18)4-2/h3-4H,1-2H2. The van der Waals surface area contributed by atoms with Gasteiger partial charge in [-0.05, 0) is 63.7 Å². The molecule has 1 aromatic rings. The van der Waals surface area contributed by atoms with Gasteiger partial charge in [0.2, 0.25) is 0 Å². The van der Waals surface area contributed by atoms with Gasteiger partial charge in [0, 0.05) is 12.2 Å². The van der Waals surface area contributed by atoms with Crippen LogP contribution >= 0.6 is 63.7 Å². The quantitative estimate of drug-likeness (QED) is 0.181. The third kappa shape index (κ3) is 3.81. The second kappa shape index (κ2) is 7.53. The van der Waals surface area contributed by atoms with Gasteiger partial charge < -0.3 is 9.47 Å². The Labute approximate surface area is 148 Å². The topological polar surface area (TPSA) is 52.6 Å². The smallest absolute Gasteiger partial charge is 0.335 e. The molecule has 0 N–H and O–H groups in total. The van der Waals surface area contributed by atoms with Crippen LogP contribution in [0.2, 0.25) is 0 Å². The van der Waals surface area contributed by atoms with Gasteiger partial charge in [-0.15, -0.1) is 0 Å². The zero-order valence-corrected chi connectivity index (χ0v) is 16.1. The molecule has 0 aliphatic carbocycles. The van der Waals surface area contributed by atoms with Crippen molar-refractivity contribution >= 4 is 75.7 Å². The summed E-state index contributed by atoms with van der Waals surface area (Å²) in [6, 6.07) is 0. The lowest BCUT2D eigenvalue weighted by Gasteiger charge is -2.15. The van der Waals surface area contributed by atoms with E-state index in [1.807, 2.05) is 0 Å². The first kappa shape index (κ1) is 17.6. The van der Waals surface area contributed by atoms with Gasteiger partial charge in [-0.25, -0.2) is 9.59 Å². The number of halogens is 4. The van der Waals surface area contributed by atoms with Crippen LogP contribution in [-0.2, 0) is 9.59 Å². The fraction of sp³-hybridized carbons (Fsp3) is 0. The van der Waals surface area contributed by atoms with Crippen LogP contribution < -0.4 is 9.47 Å². The Morgan fingerprint density at radius 1 is 0.750 bits per heavy atom. The number of ether oxygens (including phenoxy) is 2. The van der Waals surface area contributed by atoms with E-state index in [0.717, 1.165) is 12.2 Å². The molecule has 4 nitrogen and oxygen atoms in total. The minimum atomic E-state index is -0.692. The summed E-state index contributed by atoms with van der Waals surface area (Å²) in [5.74, 6) is -1.32. The molecule has 0 unspecified atom stereocenters. The van der Waals surface area contributed by atoms with Gasteiger partial charge in [0.05, 0.1) is 17.9 Å². The highest BCUT2D eigenvalue weighted by atomic mass is 79.9. The first-order chi connectivity index (χ1) is 9.33. The van der Waals surface area contributed by atoms with Gasteiger partial charge >= 0.3 is 11.9 Å². The van der Waals surface area contributed by atoms with Crippen LogP contribution in [-0.4, -0.2) is 11.9 Å². The number of carbonyl (C=O) groups is 2. The minimum Gasteiger partial charge on any atom is -0.418 e. The third-order valence-electron chi connectivity index (χ3n) is 1.92. The molecule has 0 fully saturated rings. The van der Waals surface area contributed by atoms with Crippen molar-refractivity contribution < 1.29 is 19.1 Å². The number of hydrogen-bond acceptors (Lipinski definition) is 4. The van der Waals surface area contributed by atoms with Gasteiger partial charge in [-0.3, -0.25) is 0 Å². The highest BCUT2D eigenvalue weighted by Gasteiger charge is 2.24. The molecule has 20 heavy (non-hydrogen) atoms. The third-order valence-corrected chi connectivity index (χ3v) is 6.62. The molecule has 1 aromatic carbocycles. The monoisotopic (exact) mass is 530 g/mol. The van der Waals surface area contributed by atoms with Gasteiger partial charge in [0.15, 0.2) is 11.5 Å². The van der Waals surface area contributed by atoms with Crippen molar-refractivity contribution in [2.75, 3.05) is 0 Å². The normalized spacial score (nSPS) is 9.80. The minimum absolute atomic E-state index is 0.0343. The first-order valence-corrected chi connectivity index (χ1v) is 8.05. The molecule has 106 valence electrons. The number of carbonyl (C=O) groups excluding carboxylic acids is 2. The Bertz CT molecular complexity index is 557. The summed E-state index contributed by atoms with van der Waals surface area (Å²) in [6.45, 7) is 6.62. The predicted octanol–water partition coefficient (Wildman–Crippen LogP) is 4.92. The molecule has 0 radical (unpaired) electrons. The lowest BCUT2D eigenvalue weighted by Crippen LogP contribution is -2.10. The SMILES string of the molecule is C=CC(=O)Oc1c(Br)c(Br)c(Br)c(Br)c1OC(=O)C=C. The molecule has 0 atom stereocenters. The Balaban J connectivity index is 3.51. The van der Waals surface area contributed by atoms with Crippen LogP contribution in [0.5, 0.6) is 11.5 Å². The van der Waals surface area contributed by atoms with Crippen LogP contribution in [0.15, 0.2) is 43.2 Å². The van der Waals surface area contributed by atoms with E-state index in [-0.39, 0.29) is 11.5 Å². The van der Waals surface area contributed by atoms with Crippen LogP contribution in [0.1, 0.15) is 0 Å². The lowest BCUT2D eigenvalue weighted by molar-refractivity contribution is -0.131. The van der Waals surface area contributed by atoms with Crippen molar-refractivity contribution in [3.8, 4) is 11.5 Å². The highest BCUT2D eigenvalue weighted by Crippen LogP contribution is 2.50. The molecule has 0 heterocycles. The van der Waals surface area contributed by atoms with E-state index in [9.17, 15) is 9.59 Å². The van der Waals surface area contributed by atoms with Gasteiger partial charge in [0.25, 0.3) is 0 Å². The van der Waals surface area contributed by atoms with Crippen molar-refractivity contribution in [2.24, 2.45) is 0 Å². The van der Waals surface area contributed by atoms with E-state index in [1.54, 1.807) is 0 Å². The number of hydrogen-bond donors (Lipinski definition) is 0. The average molecular weight is 534 g/mol. The molecule has 0 spiro atoms. The molecule has 8 heteroatoms. The Morgan fingerprint density at radius 2 is 1.05 bits per heavy atom. The van der Waals surface area contributed by atoms with Crippen molar-refractivity contribution in [2.45, 2.75) is 0 Å². The van der Waals surface area contributed by atoms with E-state index in [2.05, 4.69) is 76.9 Å². The second-order valence-corrected chi connectivity index (χ2v) is 6.34. The predicted molar refractivity (Wildman–Crippen MR) is 88.9 cm³/mol. The maximum absolute atomic E-state index is 11.4. The van der Waals surface area contributed by atoms with Crippen LogP contribution in [0, 0.1) is 0 Å². The van der Waals surface area contributed by atoms with E-state index in [1.165, 1.54) is 0 Å². The van der Waals surface area contributed by atoms with Gasteiger partial charge in [-0.1, -0.05) is 13.2 Å². The van der Waals surface area contributed by atoms with Crippen LogP contribution in [0.25, 0.3) is 0 Å². The number of rotatable bonds is 4. The first-order valence-electron chi connectivity index (χ1n) is 4.87. The molecular weight excluding hydrogens is 528 g/mol.